The summed E-state index contributed by atoms with van der Waals surface area (Å²) in [5.74, 6) is 0.442. The fraction of sp³-hybridized carbons (Fsp3) is 0.471. The van der Waals surface area contributed by atoms with E-state index < -0.39 is 0 Å². The lowest BCUT2D eigenvalue weighted by molar-refractivity contribution is 0.561. The standard InChI is InChI=1S/C17H24BrN3/c1-4-14-11-15(21(5-2)20-14)10-13(12-19-3)16-8-6-7-9-17(16)18/h6-9,11,13,19H,4-5,10,12H2,1-3H3. The molecule has 0 aliphatic heterocycles. The van der Waals surface area contributed by atoms with Crippen molar-refractivity contribution >= 4 is 15.9 Å². The Morgan fingerprint density at radius 1 is 1.29 bits per heavy atom. The van der Waals surface area contributed by atoms with E-state index in [1.54, 1.807) is 0 Å². The Kier molecular flexibility index (Phi) is 6.00. The fourth-order valence-electron chi connectivity index (χ4n) is 2.72. The number of hydrogen-bond donors (Lipinski definition) is 1. The van der Waals surface area contributed by atoms with E-state index >= 15 is 0 Å². The topological polar surface area (TPSA) is 29.9 Å². The van der Waals surface area contributed by atoms with E-state index in [2.05, 4.69) is 75.2 Å². The number of hydrogen-bond acceptors (Lipinski definition) is 2. The summed E-state index contributed by atoms with van der Waals surface area (Å²) < 4.78 is 3.32. The number of likely N-dealkylation sites (N-methyl/N-ethyl adjacent to an activating group) is 1. The maximum absolute atomic E-state index is 4.66. The third kappa shape index (κ3) is 3.95. The predicted molar refractivity (Wildman–Crippen MR) is 91.8 cm³/mol. The van der Waals surface area contributed by atoms with E-state index in [9.17, 15) is 0 Å². The number of halogens is 1. The summed E-state index contributed by atoms with van der Waals surface area (Å²) in [5.41, 5.74) is 3.86. The van der Waals surface area contributed by atoms with Crippen LogP contribution in [0.15, 0.2) is 34.8 Å². The van der Waals surface area contributed by atoms with E-state index in [1.807, 2.05) is 7.05 Å². The van der Waals surface area contributed by atoms with Crippen molar-refractivity contribution in [3.8, 4) is 0 Å². The van der Waals surface area contributed by atoms with E-state index in [0.717, 1.165) is 25.9 Å². The molecule has 4 heteroatoms. The Labute approximate surface area is 135 Å². The van der Waals surface area contributed by atoms with Gasteiger partial charge in [0.15, 0.2) is 0 Å². The zero-order valence-electron chi connectivity index (χ0n) is 13.1. The van der Waals surface area contributed by atoms with Crippen molar-refractivity contribution in [3.05, 3.63) is 51.8 Å². The van der Waals surface area contributed by atoms with Gasteiger partial charge in [0.25, 0.3) is 0 Å². The van der Waals surface area contributed by atoms with Crippen molar-refractivity contribution in [2.75, 3.05) is 13.6 Å². The number of nitrogens with zero attached hydrogens (tertiary/aromatic N) is 2. The van der Waals surface area contributed by atoms with Crippen LogP contribution >= 0.6 is 15.9 Å². The molecule has 114 valence electrons. The zero-order chi connectivity index (χ0) is 15.2. The highest BCUT2D eigenvalue weighted by molar-refractivity contribution is 9.10. The molecule has 2 rings (SSSR count). The highest BCUT2D eigenvalue weighted by atomic mass is 79.9. The van der Waals surface area contributed by atoms with Gasteiger partial charge in [-0.3, -0.25) is 4.68 Å². The molecule has 1 N–H and O–H groups in total. The molecule has 2 aromatic rings. The molecule has 1 atom stereocenters. The first kappa shape index (κ1) is 16.2. The second kappa shape index (κ2) is 7.76. The Morgan fingerprint density at radius 3 is 2.67 bits per heavy atom. The highest BCUT2D eigenvalue weighted by Crippen LogP contribution is 2.27. The van der Waals surface area contributed by atoms with Crippen LogP contribution in [-0.2, 0) is 19.4 Å². The average Bonchev–Trinajstić information content (AvgIpc) is 2.89. The molecular weight excluding hydrogens is 326 g/mol. The monoisotopic (exact) mass is 349 g/mol. The number of aryl methyl sites for hydroxylation is 2. The van der Waals surface area contributed by atoms with Crippen LogP contribution in [0.3, 0.4) is 0 Å². The molecule has 0 aliphatic carbocycles. The first-order valence-electron chi connectivity index (χ1n) is 7.64. The largest absolute Gasteiger partial charge is 0.319 e. The smallest absolute Gasteiger partial charge is 0.0624 e. The van der Waals surface area contributed by atoms with Gasteiger partial charge in [0.2, 0.25) is 0 Å². The molecule has 0 bridgehead atoms. The van der Waals surface area contributed by atoms with Crippen molar-refractivity contribution in [2.24, 2.45) is 0 Å². The average molecular weight is 350 g/mol. The van der Waals surface area contributed by atoms with E-state index in [-0.39, 0.29) is 0 Å². The normalized spacial score (nSPS) is 12.6. The zero-order valence-corrected chi connectivity index (χ0v) is 14.7. The second-order valence-electron chi connectivity index (χ2n) is 5.28. The van der Waals surface area contributed by atoms with Gasteiger partial charge in [-0.15, -0.1) is 0 Å². The van der Waals surface area contributed by atoms with Gasteiger partial charge >= 0.3 is 0 Å². The Bertz CT molecular complexity index is 577. The van der Waals surface area contributed by atoms with Gasteiger partial charge in [0.05, 0.1) is 5.69 Å². The summed E-state index contributed by atoms with van der Waals surface area (Å²) in [6.45, 7) is 6.20. The third-order valence-electron chi connectivity index (χ3n) is 3.83. The van der Waals surface area contributed by atoms with Crippen LogP contribution in [-0.4, -0.2) is 23.4 Å². The maximum atomic E-state index is 4.66. The van der Waals surface area contributed by atoms with E-state index in [1.165, 1.54) is 21.4 Å². The van der Waals surface area contributed by atoms with Crippen molar-refractivity contribution < 1.29 is 0 Å². The van der Waals surface area contributed by atoms with Gasteiger partial charge in [0.1, 0.15) is 0 Å². The van der Waals surface area contributed by atoms with Gasteiger partial charge in [-0.05, 0) is 44.5 Å². The molecule has 0 radical (unpaired) electrons. The third-order valence-corrected chi connectivity index (χ3v) is 4.55. The molecule has 1 aromatic heterocycles. The molecule has 0 aliphatic rings. The summed E-state index contributed by atoms with van der Waals surface area (Å²) in [7, 11) is 2.01. The molecule has 1 aromatic carbocycles. The van der Waals surface area contributed by atoms with Crippen LogP contribution in [0.1, 0.15) is 36.7 Å². The molecule has 0 spiro atoms. The van der Waals surface area contributed by atoms with Crippen LogP contribution in [0.5, 0.6) is 0 Å². The minimum atomic E-state index is 0.442. The molecule has 0 saturated heterocycles. The number of aromatic nitrogens is 2. The lowest BCUT2D eigenvalue weighted by Gasteiger charge is -2.19. The second-order valence-corrected chi connectivity index (χ2v) is 6.13. The van der Waals surface area contributed by atoms with Crippen molar-refractivity contribution in [1.82, 2.24) is 15.1 Å². The minimum absolute atomic E-state index is 0.442. The van der Waals surface area contributed by atoms with Crippen molar-refractivity contribution in [2.45, 2.75) is 39.2 Å². The molecule has 1 heterocycles. The summed E-state index contributed by atoms with van der Waals surface area (Å²) in [6.07, 6.45) is 2.00. The molecule has 0 amide bonds. The quantitative estimate of drug-likeness (QED) is 0.824. The summed E-state index contributed by atoms with van der Waals surface area (Å²) in [5, 5.41) is 7.98. The molecule has 1 unspecified atom stereocenters. The fourth-order valence-corrected chi connectivity index (χ4v) is 3.33. The number of benzene rings is 1. The SMILES string of the molecule is CCc1cc(CC(CNC)c2ccccc2Br)n(CC)n1. The summed E-state index contributed by atoms with van der Waals surface area (Å²) in [6, 6.07) is 10.8. The molecular formula is C17H24BrN3. The van der Waals surface area contributed by atoms with Gasteiger partial charge in [-0.1, -0.05) is 41.1 Å². The maximum Gasteiger partial charge on any atom is 0.0624 e. The number of rotatable bonds is 7. The van der Waals surface area contributed by atoms with Crippen LogP contribution in [0.4, 0.5) is 0 Å². The lowest BCUT2D eigenvalue weighted by Crippen LogP contribution is -2.20. The Hall–Kier alpha value is -1.13. The van der Waals surface area contributed by atoms with Crippen LogP contribution in [0.2, 0.25) is 0 Å². The van der Waals surface area contributed by atoms with Crippen LogP contribution in [0, 0.1) is 0 Å². The van der Waals surface area contributed by atoms with Crippen LogP contribution in [0.25, 0.3) is 0 Å². The first-order chi connectivity index (χ1) is 10.2. The minimum Gasteiger partial charge on any atom is -0.319 e. The predicted octanol–water partition coefficient (Wildman–Crippen LogP) is 3.77. The van der Waals surface area contributed by atoms with Crippen molar-refractivity contribution in [1.29, 1.82) is 0 Å². The summed E-state index contributed by atoms with van der Waals surface area (Å²) >= 11 is 3.68. The van der Waals surface area contributed by atoms with Gasteiger partial charge < -0.3 is 5.32 Å². The molecule has 0 fully saturated rings. The Balaban J connectivity index is 2.28. The van der Waals surface area contributed by atoms with E-state index in [4.69, 9.17) is 0 Å². The van der Waals surface area contributed by atoms with E-state index in [0.29, 0.717) is 5.92 Å². The summed E-state index contributed by atoms with van der Waals surface area (Å²) in [4.78, 5) is 0. The highest BCUT2D eigenvalue weighted by Gasteiger charge is 2.17. The van der Waals surface area contributed by atoms with Crippen LogP contribution < -0.4 is 5.32 Å². The molecule has 21 heavy (non-hydrogen) atoms. The Morgan fingerprint density at radius 2 is 2.05 bits per heavy atom. The first-order valence-corrected chi connectivity index (χ1v) is 8.43. The van der Waals surface area contributed by atoms with Gasteiger partial charge in [0, 0.05) is 29.2 Å². The van der Waals surface area contributed by atoms with Gasteiger partial charge in [-0.2, -0.15) is 5.10 Å². The lowest BCUT2D eigenvalue weighted by atomic mass is 9.94. The molecule has 3 nitrogen and oxygen atoms in total. The van der Waals surface area contributed by atoms with Crippen molar-refractivity contribution in [3.63, 3.8) is 0 Å². The number of nitrogens with one attached hydrogen (secondary N) is 1. The molecule has 0 saturated carbocycles. The van der Waals surface area contributed by atoms with Gasteiger partial charge in [-0.25, -0.2) is 0 Å².